The maximum Gasteiger partial charge on any atom is 0.232 e. The molecule has 0 aromatic carbocycles. The quantitative estimate of drug-likeness (QED) is 0.914. The van der Waals surface area contributed by atoms with E-state index in [0.717, 1.165) is 51.7 Å². The molecule has 0 radical (unpaired) electrons. The smallest absolute Gasteiger partial charge is 0.232 e. The monoisotopic (exact) mass is 295 g/mol. The average Bonchev–Trinajstić information content (AvgIpc) is 2.98. The van der Waals surface area contributed by atoms with Crippen LogP contribution in [-0.2, 0) is 4.74 Å². The highest BCUT2D eigenvalue weighted by Gasteiger charge is 2.32. The van der Waals surface area contributed by atoms with Gasteiger partial charge in [0.1, 0.15) is 6.10 Å². The first kappa shape index (κ1) is 14.9. The molecule has 1 aromatic heterocycles. The molecule has 2 fully saturated rings. The van der Waals surface area contributed by atoms with Crippen LogP contribution in [0.5, 0.6) is 0 Å². The number of aliphatic hydroxyl groups is 1. The summed E-state index contributed by atoms with van der Waals surface area (Å²) >= 11 is 0. The molecule has 21 heavy (non-hydrogen) atoms. The van der Waals surface area contributed by atoms with E-state index in [0.29, 0.717) is 18.3 Å². The molecule has 1 saturated carbocycles. The molecule has 1 aliphatic carbocycles. The third-order valence-electron chi connectivity index (χ3n) is 4.48. The molecule has 2 heterocycles. The Labute approximate surface area is 125 Å². The Bertz CT molecular complexity index is 449. The fraction of sp³-hybridized carbons (Fsp3) is 0.867. The molecule has 0 amide bonds. The van der Waals surface area contributed by atoms with Crippen molar-refractivity contribution in [2.75, 3.05) is 26.2 Å². The maximum absolute atomic E-state index is 10.1. The van der Waals surface area contributed by atoms with Crippen molar-refractivity contribution in [3.63, 3.8) is 0 Å². The van der Waals surface area contributed by atoms with E-state index < -0.39 is 0 Å². The van der Waals surface area contributed by atoms with Crippen LogP contribution in [0.25, 0.3) is 0 Å². The largest absolute Gasteiger partial charge is 0.392 e. The Morgan fingerprint density at radius 3 is 3.00 bits per heavy atom. The van der Waals surface area contributed by atoms with Crippen LogP contribution in [0.3, 0.4) is 0 Å². The summed E-state index contributed by atoms with van der Waals surface area (Å²) < 4.78 is 11.2. The van der Waals surface area contributed by atoms with Gasteiger partial charge in [-0.05, 0) is 25.8 Å². The summed E-state index contributed by atoms with van der Waals surface area (Å²) in [6.07, 6.45) is 4.63. The molecule has 3 atom stereocenters. The zero-order valence-electron chi connectivity index (χ0n) is 12.7. The lowest BCUT2D eigenvalue weighted by molar-refractivity contribution is -0.0350. The van der Waals surface area contributed by atoms with Crippen molar-refractivity contribution in [3.05, 3.63) is 11.7 Å². The van der Waals surface area contributed by atoms with E-state index in [1.54, 1.807) is 0 Å². The molecule has 118 valence electrons. The van der Waals surface area contributed by atoms with Crippen LogP contribution in [0.15, 0.2) is 4.52 Å². The number of rotatable bonds is 4. The molecule has 3 unspecified atom stereocenters. The van der Waals surface area contributed by atoms with Crippen LogP contribution in [0.4, 0.5) is 0 Å². The number of aliphatic hydroxyl groups excluding tert-OH is 1. The van der Waals surface area contributed by atoms with Crippen molar-refractivity contribution >= 4 is 0 Å². The third kappa shape index (κ3) is 3.44. The number of aromatic nitrogens is 2. The molecule has 1 saturated heterocycles. The lowest BCUT2D eigenvalue weighted by atomic mass is 9.86. The topological polar surface area (TPSA) is 71.6 Å². The molecule has 2 aliphatic rings. The van der Waals surface area contributed by atoms with Gasteiger partial charge >= 0.3 is 0 Å². The number of morpholine rings is 1. The van der Waals surface area contributed by atoms with E-state index in [2.05, 4.69) is 22.0 Å². The summed E-state index contributed by atoms with van der Waals surface area (Å²) in [5, 5.41) is 14.2. The second-order valence-corrected chi connectivity index (χ2v) is 6.11. The fourth-order valence-corrected chi connectivity index (χ4v) is 3.31. The Balaban J connectivity index is 1.66. The van der Waals surface area contributed by atoms with Crippen molar-refractivity contribution < 1.29 is 14.4 Å². The first-order valence-electron chi connectivity index (χ1n) is 8.13. The van der Waals surface area contributed by atoms with E-state index in [1.807, 2.05) is 0 Å². The first-order chi connectivity index (χ1) is 10.3. The number of hydrogen-bond acceptors (Lipinski definition) is 6. The SMILES string of the molecule is CCCN1CCOC(c2noc(C3CCCCC3O)n2)C1. The predicted octanol–water partition coefficient (Wildman–Crippen LogP) is 1.87. The molecule has 1 aliphatic heterocycles. The van der Waals surface area contributed by atoms with Gasteiger partial charge in [0, 0.05) is 13.1 Å². The van der Waals surface area contributed by atoms with Crippen molar-refractivity contribution in [1.29, 1.82) is 0 Å². The van der Waals surface area contributed by atoms with Crippen LogP contribution in [0.1, 0.15) is 62.8 Å². The van der Waals surface area contributed by atoms with Crippen LogP contribution in [-0.4, -0.2) is 52.5 Å². The minimum atomic E-state index is -0.351. The van der Waals surface area contributed by atoms with Gasteiger partial charge in [0.25, 0.3) is 0 Å². The van der Waals surface area contributed by atoms with Crippen molar-refractivity contribution in [3.8, 4) is 0 Å². The molecule has 0 bridgehead atoms. The molecule has 6 heteroatoms. The van der Waals surface area contributed by atoms with Gasteiger partial charge in [-0.15, -0.1) is 0 Å². The van der Waals surface area contributed by atoms with Gasteiger partial charge in [-0.2, -0.15) is 4.98 Å². The lowest BCUT2D eigenvalue weighted by Crippen LogP contribution is -2.39. The van der Waals surface area contributed by atoms with Gasteiger partial charge in [0.2, 0.25) is 11.7 Å². The number of nitrogens with zero attached hydrogens (tertiary/aromatic N) is 3. The van der Waals surface area contributed by atoms with Crippen molar-refractivity contribution in [1.82, 2.24) is 15.0 Å². The molecular weight excluding hydrogens is 270 g/mol. The van der Waals surface area contributed by atoms with E-state index in [1.165, 1.54) is 0 Å². The van der Waals surface area contributed by atoms with Gasteiger partial charge in [-0.3, -0.25) is 4.90 Å². The summed E-state index contributed by atoms with van der Waals surface area (Å²) in [5.41, 5.74) is 0. The molecule has 3 rings (SSSR count). The highest BCUT2D eigenvalue weighted by atomic mass is 16.5. The van der Waals surface area contributed by atoms with Crippen LogP contribution in [0.2, 0.25) is 0 Å². The normalized spacial score (nSPS) is 31.4. The second kappa shape index (κ2) is 6.85. The highest BCUT2D eigenvalue weighted by Crippen LogP contribution is 2.33. The molecule has 6 nitrogen and oxygen atoms in total. The number of hydrogen-bond donors (Lipinski definition) is 1. The van der Waals surface area contributed by atoms with Crippen LogP contribution >= 0.6 is 0 Å². The predicted molar refractivity (Wildman–Crippen MR) is 76.9 cm³/mol. The van der Waals surface area contributed by atoms with Gasteiger partial charge in [-0.25, -0.2) is 0 Å². The zero-order chi connectivity index (χ0) is 14.7. The van der Waals surface area contributed by atoms with E-state index in [4.69, 9.17) is 9.26 Å². The zero-order valence-corrected chi connectivity index (χ0v) is 12.7. The minimum Gasteiger partial charge on any atom is -0.392 e. The standard InChI is InChI=1S/C15H25N3O3/c1-2-7-18-8-9-20-13(10-18)14-16-15(21-17-14)11-5-3-4-6-12(11)19/h11-13,19H,2-10H2,1H3. The van der Waals surface area contributed by atoms with E-state index in [-0.39, 0.29) is 18.1 Å². The Morgan fingerprint density at radius 2 is 2.19 bits per heavy atom. The highest BCUT2D eigenvalue weighted by molar-refractivity contribution is 5.01. The van der Waals surface area contributed by atoms with Gasteiger partial charge in [0.05, 0.1) is 18.6 Å². The van der Waals surface area contributed by atoms with E-state index in [9.17, 15) is 5.11 Å². The Morgan fingerprint density at radius 1 is 1.33 bits per heavy atom. The van der Waals surface area contributed by atoms with Crippen LogP contribution in [0, 0.1) is 0 Å². The maximum atomic E-state index is 10.1. The summed E-state index contributed by atoms with van der Waals surface area (Å²) in [5.74, 6) is 1.20. The molecule has 0 spiro atoms. The fourth-order valence-electron chi connectivity index (χ4n) is 3.31. The van der Waals surface area contributed by atoms with Crippen molar-refractivity contribution in [2.45, 2.75) is 57.2 Å². The minimum absolute atomic E-state index is 0.00432. The Kier molecular flexibility index (Phi) is 4.87. The Hall–Kier alpha value is -0.980. The summed E-state index contributed by atoms with van der Waals surface area (Å²) in [7, 11) is 0. The van der Waals surface area contributed by atoms with Gasteiger partial charge in [0.15, 0.2) is 0 Å². The summed E-state index contributed by atoms with van der Waals surface area (Å²) in [6, 6.07) is 0. The molecular formula is C15H25N3O3. The first-order valence-corrected chi connectivity index (χ1v) is 8.13. The summed E-state index contributed by atoms with van der Waals surface area (Å²) in [6.45, 7) is 5.75. The summed E-state index contributed by atoms with van der Waals surface area (Å²) in [4.78, 5) is 6.89. The second-order valence-electron chi connectivity index (χ2n) is 6.11. The average molecular weight is 295 g/mol. The van der Waals surface area contributed by atoms with E-state index >= 15 is 0 Å². The van der Waals surface area contributed by atoms with Gasteiger partial charge < -0.3 is 14.4 Å². The third-order valence-corrected chi connectivity index (χ3v) is 4.48. The number of ether oxygens (including phenoxy) is 1. The van der Waals surface area contributed by atoms with Gasteiger partial charge in [-0.1, -0.05) is 24.9 Å². The van der Waals surface area contributed by atoms with Crippen molar-refractivity contribution in [2.24, 2.45) is 0 Å². The molecule has 1 aromatic rings. The molecule has 1 N–H and O–H groups in total. The van der Waals surface area contributed by atoms with Crippen LogP contribution < -0.4 is 0 Å². The lowest BCUT2D eigenvalue weighted by Gasteiger charge is -2.31.